The van der Waals surface area contributed by atoms with E-state index in [-0.39, 0.29) is 5.91 Å². The molecule has 3 aromatic rings. The Hall–Kier alpha value is -2.82. The maximum atomic E-state index is 12.8. The number of carbonyl (C=O) groups excluding carboxylic acids is 1. The quantitative estimate of drug-likeness (QED) is 0.783. The van der Waals surface area contributed by atoms with E-state index in [0.717, 1.165) is 37.2 Å². The van der Waals surface area contributed by atoms with E-state index in [9.17, 15) is 4.79 Å². The fourth-order valence-corrected chi connectivity index (χ4v) is 3.44. The van der Waals surface area contributed by atoms with Gasteiger partial charge in [-0.1, -0.05) is 12.1 Å². The third-order valence-electron chi connectivity index (χ3n) is 5.11. The first-order valence-corrected chi connectivity index (χ1v) is 8.68. The van der Waals surface area contributed by atoms with Crippen LogP contribution in [0, 0.1) is 13.8 Å². The lowest BCUT2D eigenvalue weighted by atomic mass is 10.1. The Morgan fingerprint density at radius 1 is 1.04 bits per heavy atom. The third-order valence-corrected chi connectivity index (χ3v) is 5.11. The molecule has 1 N–H and O–H groups in total. The molecule has 0 radical (unpaired) electrons. The van der Waals surface area contributed by atoms with Crippen LogP contribution >= 0.6 is 0 Å². The number of nitrogens with one attached hydrogen (secondary N) is 1. The molecule has 5 heteroatoms. The van der Waals surface area contributed by atoms with Crippen molar-refractivity contribution in [3.8, 4) is 0 Å². The van der Waals surface area contributed by atoms with Gasteiger partial charge in [-0.2, -0.15) is 0 Å². The van der Waals surface area contributed by atoms with Crippen LogP contribution in [0.3, 0.4) is 0 Å². The largest absolute Gasteiger partial charge is 0.368 e. The van der Waals surface area contributed by atoms with Crippen LogP contribution in [0.15, 0.2) is 42.6 Å². The first-order valence-electron chi connectivity index (χ1n) is 8.68. The zero-order valence-electron chi connectivity index (χ0n) is 14.6. The van der Waals surface area contributed by atoms with E-state index >= 15 is 0 Å². The van der Waals surface area contributed by atoms with Crippen LogP contribution in [0.2, 0.25) is 0 Å². The average Bonchev–Trinajstić information content (AvgIpc) is 3.11. The van der Waals surface area contributed by atoms with Crippen LogP contribution in [0.4, 0.5) is 5.69 Å². The summed E-state index contributed by atoms with van der Waals surface area (Å²) >= 11 is 0. The molecule has 4 rings (SSSR count). The number of piperazine rings is 1. The smallest absolute Gasteiger partial charge is 0.272 e. The molecule has 1 saturated heterocycles. The van der Waals surface area contributed by atoms with Gasteiger partial charge >= 0.3 is 0 Å². The Balaban J connectivity index is 1.47. The van der Waals surface area contributed by atoms with E-state index in [1.165, 1.54) is 16.8 Å². The van der Waals surface area contributed by atoms with E-state index in [4.69, 9.17) is 0 Å². The predicted octanol–water partition coefficient (Wildman–Crippen LogP) is 3.14. The number of rotatable bonds is 2. The van der Waals surface area contributed by atoms with Gasteiger partial charge in [-0.25, -0.2) is 4.98 Å². The van der Waals surface area contributed by atoms with Crippen LogP contribution in [-0.4, -0.2) is 47.0 Å². The second-order valence-electron chi connectivity index (χ2n) is 6.61. The van der Waals surface area contributed by atoms with Gasteiger partial charge in [0.05, 0.1) is 0 Å². The van der Waals surface area contributed by atoms with Crippen molar-refractivity contribution in [1.82, 2.24) is 14.9 Å². The monoisotopic (exact) mass is 334 g/mol. The fourth-order valence-electron chi connectivity index (χ4n) is 3.44. The molecule has 0 unspecified atom stereocenters. The third kappa shape index (κ3) is 2.86. The molecular formula is C20H22N4O. The van der Waals surface area contributed by atoms with E-state index in [1.807, 2.05) is 29.3 Å². The van der Waals surface area contributed by atoms with Gasteiger partial charge in [0.2, 0.25) is 0 Å². The molecule has 5 nitrogen and oxygen atoms in total. The van der Waals surface area contributed by atoms with Crippen molar-refractivity contribution in [1.29, 1.82) is 0 Å². The molecule has 1 aliphatic rings. The summed E-state index contributed by atoms with van der Waals surface area (Å²) in [5.74, 6) is 0.0112. The Labute approximate surface area is 147 Å². The summed E-state index contributed by atoms with van der Waals surface area (Å²) in [5, 5.41) is 1.02. The summed E-state index contributed by atoms with van der Waals surface area (Å²) in [7, 11) is 0. The number of anilines is 1. The van der Waals surface area contributed by atoms with Gasteiger partial charge in [-0.15, -0.1) is 0 Å². The van der Waals surface area contributed by atoms with Gasteiger partial charge in [0.15, 0.2) is 0 Å². The molecular weight excluding hydrogens is 312 g/mol. The summed E-state index contributed by atoms with van der Waals surface area (Å²) in [4.78, 5) is 24.6. The molecule has 1 aliphatic heterocycles. The zero-order valence-corrected chi connectivity index (χ0v) is 14.6. The number of fused-ring (bicyclic) bond motifs is 1. The first-order chi connectivity index (χ1) is 12.1. The average molecular weight is 334 g/mol. The molecule has 0 saturated carbocycles. The van der Waals surface area contributed by atoms with Crippen molar-refractivity contribution >= 4 is 22.6 Å². The Morgan fingerprint density at radius 2 is 1.84 bits per heavy atom. The Morgan fingerprint density at radius 3 is 2.64 bits per heavy atom. The van der Waals surface area contributed by atoms with Crippen LogP contribution in [0.1, 0.15) is 21.6 Å². The van der Waals surface area contributed by atoms with Gasteiger partial charge in [0.1, 0.15) is 11.3 Å². The number of pyridine rings is 1. The zero-order chi connectivity index (χ0) is 17.4. The van der Waals surface area contributed by atoms with Crippen molar-refractivity contribution in [2.24, 2.45) is 0 Å². The summed E-state index contributed by atoms with van der Waals surface area (Å²) in [6.45, 7) is 7.44. The van der Waals surface area contributed by atoms with Crippen molar-refractivity contribution in [2.75, 3.05) is 31.1 Å². The van der Waals surface area contributed by atoms with E-state index < -0.39 is 0 Å². The van der Waals surface area contributed by atoms with E-state index in [0.29, 0.717) is 5.69 Å². The number of aromatic amines is 1. The maximum absolute atomic E-state index is 12.8. The highest BCUT2D eigenvalue weighted by molar-refractivity contribution is 5.94. The van der Waals surface area contributed by atoms with E-state index in [2.05, 4.69) is 46.9 Å². The number of nitrogens with zero attached hydrogens (tertiary/aromatic N) is 3. The fraction of sp³-hybridized carbons (Fsp3) is 0.300. The predicted molar refractivity (Wildman–Crippen MR) is 100 cm³/mol. The normalized spacial score (nSPS) is 15.0. The number of aryl methyl sites for hydroxylation is 1. The van der Waals surface area contributed by atoms with Crippen LogP contribution in [-0.2, 0) is 0 Å². The van der Waals surface area contributed by atoms with Crippen molar-refractivity contribution in [2.45, 2.75) is 13.8 Å². The second kappa shape index (κ2) is 6.24. The number of benzene rings is 1. The topological polar surface area (TPSA) is 52.2 Å². The number of hydrogen-bond acceptors (Lipinski definition) is 3. The van der Waals surface area contributed by atoms with Gasteiger partial charge in [0.25, 0.3) is 5.91 Å². The summed E-state index contributed by atoms with van der Waals surface area (Å²) in [6, 6.07) is 12.1. The number of amides is 1. The molecule has 0 spiro atoms. The Bertz CT molecular complexity index is 922. The Kier molecular flexibility index (Phi) is 3.92. The minimum absolute atomic E-state index is 0.0112. The number of aromatic nitrogens is 2. The molecule has 128 valence electrons. The molecule has 25 heavy (non-hydrogen) atoms. The summed E-state index contributed by atoms with van der Waals surface area (Å²) in [6.07, 6.45) is 1.84. The minimum Gasteiger partial charge on any atom is -0.368 e. The van der Waals surface area contributed by atoms with Crippen molar-refractivity contribution in [3.63, 3.8) is 0 Å². The van der Waals surface area contributed by atoms with Crippen LogP contribution < -0.4 is 4.90 Å². The SMILES string of the molecule is Cc1cccc(N2CCN(C(=O)c3ccc4cc[nH]c4n3)CC2)c1C. The van der Waals surface area contributed by atoms with Crippen LogP contribution in [0.5, 0.6) is 0 Å². The lowest BCUT2D eigenvalue weighted by Gasteiger charge is -2.37. The number of carbonyl (C=O) groups is 1. The van der Waals surface area contributed by atoms with Crippen molar-refractivity contribution in [3.05, 3.63) is 59.4 Å². The van der Waals surface area contributed by atoms with Gasteiger partial charge in [-0.3, -0.25) is 4.79 Å². The van der Waals surface area contributed by atoms with Gasteiger partial charge in [-0.05, 0) is 49.2 Å². The number of hydrogen-bond donors (Lipinski definition) is 1. The molecule has 1 fully saturated rings. The summed E-state index contributed by atoms with van der Waals surface area (Å²) in [5.41, 5.74) is 5.17. The number of H-pyrrole nitrogens is 1. The highest BCUT2D eigenvalue weighted by Crippen LogP contribution is 2.24. The second-order valence-corrected chi connectivity index (χ2v) is 6.61. The molecule has 3 heterocycles. The van der Waals surface area contributed by atoms with Crippen molar-refractivity contribution < 1.29 is 4.79 Å². The highest BCUT2D eigenvalue weighted by Gasteiger charge is 2.24. The maximum Gasteiger partial charge on any atom is 0.272 e. The van der Waals surface area contributed by atoms with Crippen LogP contribution in [0.25, 0.3) is 11.0 Å². The lowest BCUT2D eigenvalue weighted by Crippen LogP contribution is -2.49. The molecule has 0 bridgehead atoms. The molecule has 0 atom stereocenters. The minimum atomic E-state index is 0.0112. The standard InChI is InChI=1S/C20H22N4O/c1-14-4-3-5-18(15(14)2)23-10-12-24(13-11-23)20(25)17-7-6-16-8-9-21-19(16)22-17/h3-9H,10-13H2,1-2H3,(H,21,22). The van der Waals surface area contributed by atoms with E-state index in [1.54, 1.807) is 0 Å². The van der Waals surface area contributed by atoms with Gasteiger partial charge < -0.3 is 14.8 Å². The molecule has 1 amide bonds. The first kappa shape index (κ1) is 15.7. The van der Waals surface area contributed by atoms with Gasteiger partial charge in [0, 0.05) is 43.4 Å². The summed E-state index contributed by atoms with van der Waals surface area (Å²) < 4.78 is 0. The molecule has 1 aromatic carbocycles. The molecule has 2 aromatic heterocycles. The highest BCUT2D eigenvalue weighted by atomic mass is 16.2. The molecule has 0 aliphatic carbocycles. The lowest BCUT2D eigenvalue weighted by molar-refractivity contribution is 0.0741.